The molecule has 1 N–H and O–H groups in total. The van der Waals surface area contributed by atoms with Crippen molar-refractivity contribution < 1.29 is 9.72 Å². The minimum Gasteiger partial charge on any atom is -0.320 e. The Kier molecular flexibility index (Phi) is 3.99. The topological polar surface area (TPSA) is 72.2 Å². The lowest BCUT2D eigenvalue weighted by Gasteiger charge is -2.55. The van der Waals surface area contributed by atoms with Crippen molar-refractivity contribution in [2.45, 2.75) is 25.2 Å². The SMILES string of the molecule is O=C(Nc1ccccc1[N+](=O)[O-])C1[C@H]2CCC[C@@H]1C2c1ccccc1. The Hall–Kier alpha value is -2.69. The van der Waals surface area contributed by atoms with Crippen molar-refractivity contribution in [2.24, 2.45) is 17.8 Å². The van der Waals surface area contributed by atoms with Crippen molar-refractivity contribution >= 4 is 17.3 Å². The van der Waals surface area contributed by atoms with Crippen LogP contribution in [0.5, 0.6) is 0 Å². The molecule has 2 aliphatic carbocycles. The number of carbonyl (C=O) groups is 1. The molecule has 2 aliphatic rings. The molecule has 5 nitrogen and oxygen atoms in total. The van der Waals surface area contributed by atoms with Crippen molar-refractivity contribution in [3.63, 3.8) is 0 Å². The number of amides is 1. The van der Waals surface area contributed by atoms with Gasteiger partial charge < -0.3 is 5.32 Å². The van der Waals surface area contributed by atoms with Gasteiger partial charge in [0.05, 0.1) is 4.92 Å². The number of nitrogens with zero attached hydrogens (tertiary/aromatic N) is 1. The Morgan fingerprint density at radius 2 is 1.64 bits per heavy atom. The van der Waals surface area contributed by atoms with E-state index in [1.165, 1.54) is 11.6 Å². The fourth-order valence-corrected chi connectivity index (χ4v) is 4.76. The molecule has 0 saturated heterocycles. The van der Waals surface area contributed by atoms with Crippen LogP contribution in [0, 0.1) is 27.9 Å². The summed E-state index contributed by atoms with van der Waals surface area (Å²) in [6.45, 7) is 0. The summed E-state index contributed by atoms with van der Waals surface area (Å²) < 4.78 is 0. The Labute approximate surface area is 146 Å². The van der Waals surface area contributed by atoms with E-state index in [2.05, 4.69) is 17.4 Å². The summed E-state index contributed by atoms with van der Waals surface area (Å²) in [6.07, 6.45) is 3.25. The molecule has 4 rings (SSSR count). The zero-order valence-electron chi connectivity index (χ0n) is 13.8. The first-order valence-electron chi connectivity index (χ1n) is 8.76. The minimum atomic E-state index is -0.454. The largest absolute Gasteiger partial charge is 0.320 e. The van der Waals surface area contributed by atoms with E-state index in [0.29, 0.717) is 23.4 Å². The first kappa shape index (κ1) is 15.8. The van der Waals surface area contributed by atoms with E-state index >= 15 is 0 Å². The monoisotopic (exact) mass is 336 g/mol. The second-order valence-electron chi connectivity index (χ2n) is 6.98. The van der Waals surface area contributed by atoms with Crippen molar-refractivity contribution in [1.82, 2.24) is 0 Å². The maximum absolute atomic E-state index is 12.8. The van der Waals surface area contributed by atoms with Crippen LogP contribution in [0.25, 0.3) is 0 Å². The molecule has 2 aromatic carbocycles. The Balaban J connectivity index is 1.54. The molecule has 128 valence electrons. The van der Waals surface area contributed by atoms with Crippen molar-refractivity contribution in [1.29, 1.82) is 0 Å². The van der Waals surface area contributed by atoms with Crippen LogP contribution < -0.4 is 5.32 Å². The predicted octanol–water partition coefficient (Wildman–Crippen LogP) is 4.36. The number of hydrogen-bond acceptors (Lipinski definition) is 3. The molecule has 0 aliphatic heterocycles. The maximum atomic E-state index is 12.8. The molecule has 2 unspecified atom stereocenters. The van der Waals surface area contributed by atoms with E-state index in [4.69, 9.17) is 0 Å². The molecular weight excluding hydrogens is 316 g/mol. The van der Waals surface area contributed by atoms with Crippen molar-refractivity contribution in [2.75, 3.05) is 5.32 Å². The predicted molar refractivity (Wildman–Crippen MR) is 95.2 cm³/mol. The minimum absolute atomic E-state index is 0.0428. The lowest BCUT2D eigenvalue weighted by atomic mass is 9.48. The molecule has 1 amide bonds. The highest BCUT2D eigenvalue weighted by Crippen LogP contribution is 2.60. The zero-order valence-corrected chi connectivity index (χ0v) is 13.8. The van der Waals surface area contributed by atoms with E-state index in [1.54, 1.807) is 18.2 Å². The average molecular weight is 336 g/mol. The van der Waals surface area contributed by atoms with Crippen LogP contribution in [-0.2, 0) is 4.79 Å². The highest BCUT2D eigenvalue weighted by Gasteiger charge is 2.55. The third-order valence-electron chi connectivity index (χ3n) is 5.77. The third-order valence-corrected chi connectivity index (χ3v) is 5.77. The molecular formula is C20H20N2O3. The van der Waals surface area contributed by atoms with E-state index in [-0.39, 0.29) is 17.5 Å². The quantitative estimate of drug-likeness (QED) is 0.666. The van der Waals surface area contributed by atoms with Gasteiger partial charge in [0.25, 0.3) is 5.69 Å². The van der Waals surface area contributed by atoms with Crippen LogP contribution in [0.15, 0.2) is 54.6 Å². The number of nitrogens with one attached hydrogen (secondary N) is 1. The van der Waals surface area contributed by atoms with Gasteiger partial charge in [0.1, 0.15) is 5.69 Å². The van der Waals surface area contributed by atoms with Gasteiger partial charge in [-0.05, 0) is 42.2 Å². The smallest absolute Gasteiger partial charge is 0.292 e. The lowest BCUT2D eigenvalue weighted by Crippen LogP contribution is -2.53. The zero-order chi connectivity index (χ0) is 17.4. The van der Waals surface area contributed by atoms with Crippen LogP contribution >= 0.6 is 0 Å². The van der Waals surface area contributed by atoms with Gasteiger partial charge in [-0.2, -0.15) is 0 Å². The average Bonchev–Trinajstić information content (AvgIpc) is 2.63. The summed E-state index contributed by atoms with van der Waals surface area (Å²) in [5.74, 6) is 0.999. The molecule has 2 aromatic rings. The standard InChI is InChI=1S/C20H20N2O3/c23-20(21-16-11-4-5-12-17(16)22(24)25)19-14-9-6-10-15(19)18(14)13-7-2-1-3-8-13/h1-5,7-8,11-12,14-15,18-19H,6,9-10H2,(H,21,23)/t14-,15+,18?,19?. The fraction of sp³-hybridized carbons (Fsp3) is 0.350. The summed E-state index contributed by atoms with van der Waals surface area (Å²) in [5.41, 5.74) is 1.55. The second-order valence-corrected chi connectivity index (χ2v) is 6.98. The van der Waals surface area contributed by atoms with E-state index in [0.717, 1.165) is 19.3 Å². The van der Waals surface area contributed by atoms with Gasteiger partial charge in [-0.25, -0.2) is 0 Å². The maximum Gasteiger partial charge on any atom is 0.292 e. The molecule has 25 heavy (non-hydrogen) atoms. The molecule has 0 heterocycles. The van der Waals surface area contributed by atoms with Gasteiger partial charge in [-0.15, -0.1) is 0 Å². The number of fused-ring (bicyclic) bond motifs is 2. The number of nitro benzene ring substituents is 1. The van der Waals surface area contributed by atoms with Crippen LogP contribution in [0.4, 0.5) is 11.4 Å². The van der Waals surface area contributed by atoms with Crippen LogP contribution in [-0.4, -0.2) is 10.8 Å². The van der Waals surface area contributed by atoms with Crippen LogP contribution in [0.1, 0.15) is 30.7 Å². The Bertz CT molecular complexity index is 794. The number of carbonyl (C=O) groups excluding carboxylic acids is 1. The van der Waals surface area contributed by atoms with Gasteiger partial charge in [-0.1, -0.05) is 48.9 Å². The number of rotatable bonds is 4. The molecule has 2 saturated carbocycles. The van der Waals surface area contributed by atoms with E-state index < -0.39 is 4.92 Å². The van der Waals surface area contributed by atoms with Crippen LogP contribution in [0.2, 0.25) is 0 Å². The molecule has 0 radical (unpaired) electrons. The molecule has 2 fully saturated rings. The number of nitro groups is 1. The van der Waals surface area contributed by atoms with E-state index in [9.17, 15) is 14.9 Å². The normalized spacial score (nSPS) is 27.2. The summed E-state index contributed by atoms with van der Waals surface area (Å²) in [6, 6.07) is 16.7. The lowest BCUT2D eigenvalue weighted by molar-refractivity contribution is -0.383. The Morgan fingerprint density at radius 3 is 2.32 bits per heavy atom. The third kappa shape index (κ3) is 2.69. The second kappa shape index (κ2) is 6.31. The van der Waals surface area contributed by atoms with Gasteiger partial charge >= 0.3 is 0 Å². The summed E-state index contributed by atoms with van der Waals surface area (Å²) in [5, 5.41) is 14.0. The molecule has 0 aromatic heterocycles. The highest BCUT2D eigenvalue weighted by molar-refractivity contribution is 5.96. The Morgan fingerprint density at radius 1 is 1.00 bits per heavy atom. The van der Waals surface area contributed by atoms with Gasteiger partial charge in [-0.3, -0.25) is 14.9 Å². The van der Waals surface area contributed by atoms with Gasteiger partial charge in [0.15, 0.2) is 0 Å². The number of anilines is 1. The summed E-state index contributed by atoms with van der Waals surface area (Å²) in [4.78, 5) is 23.5. The number of hydrogen-bond donors (Lipinski definition) is 1. The number of benzene rings is 2. The molecule has 5 heteroatoms. The first-order chi connectivity index (χ1) is 12.2. The molecule has 4 atom stereocenters. The summed E-state index contributed by atoms with van der Waals surface area (Å²) in [7, 11) is 0. The van der Waals surface area contributed by atoms with Crippen molar-refractivity contribution in [3.05, 3.63) is 70.3 Å². The summed E-state index contributed by atoms with van der Waals surface area (Å²) >= 11 is 0. The van der Waals surface area contributed by atoms with Gasteiger partial charge in [0, 0.05) is 12.0 Å². The molecule has 0 spiro atoms. The fourth-order valence-electron chi connectivity index (χ4n) is 4.76. The first-order valence-corrected chi connectivity index (χ1v) is 8.76. The van der Waals surface area contributed by atoms with Crippen molar-refractivity contribution in [3.8, 4) is 0 Å². The van der Waals surface area contributed by atoms with Gasteiger partial charge in [0.2, 0.25) is 5.91 Å². The highest BCUT2D eigenvalue weighted by atomic mass is 16.6. The van der Waals surface area contributed by atoms with Crippen LogP contribution in [0.3, 0.4) is 0 Å². The number of para-hydroxylation sites is 2. The van der Waals surface area contributed by atoms with E-state index in [1.807, 2.05) is 18.2 Å². The molecule has 2 bridgehead atoms.